The first-order chi connectivity index (χ1) is 9.97. The average Bonchev–Trinajstić information content (AvgIpc) is 2.43. The molecule has 0 heterocycles. The third kappa shape index (κ3) is 4.06. The van der Waals surface area contributed by atoms with Crippen LogP contribution in [0.2, 0.25) is 5.02 Å². The van der Waals surface area contributed by atoms with E-state index in [9.17, 15) is 4.79 Å². The summed E-state index contributed by atoms with van der Waals surface area (Å²) in [5, 5.41) is 3.36. The molecule has 21 heavy (non-hydrogen) atoms. The molecule has 0 fully saturated rings. The predicted octanol–water partition coefficient (Wildman–Crippen LogP) is 3.47. The molecule has 0 saturated carbocycles. The fraction of sp³-hybridized carbons (Fsp3) is 0.235. The van der Waals surface area contributed by atoms with Crippen LogP contribution in [0.3, 0.4) is 0 Å². The fourth-order valence-corrected chi connectivity index (χ4v) is 2.62. The van der Waals surface area contributed by atoms with Gasteiger partial charge in [-0.15, -0.1) is 0 Å². The van der Waals surface area contributed by atoms with E-state index >= 15 is 0 Å². The highest BCUT2D eigenvalue weighted by Crippen LogP contribution is 2.27. The van der Waals surface area contributed by atoms with Crippen LogP contribution >= 0.6 is 11.6 Å². The number of nitrogens with two attached hydrogens (primary N) is 1. The van der Waals surface area contributed by atoms with Gasteiger partial charge in [0.15, 0.2) is 0 Å². The monoisotopic (exact) mass is 302 g/mol. The van der Waals surface area contributed by atoms with Crippen molar-refractivity contribution in [3.63, 3.8) is 0 Å². The number of carbonyl (C=O) groups is 1. The van der Waals surface area contributed by atoms with Crippen molar-refractivity contribution in [3.05, 3.63) is 64.2 Å². The average molecular weight is 303 g/mol. The molecule has 4 heteroatoms. The number of nitrogens with one attached hydrogen (secondary N) is 1. The van der Waals surface area contributed by atoms with E-state index in [0.717, 1.165) is 16.7 Å². The summed E-state index contributed by atoms with van der Waals surface area (Å²) in [6.07, 6.45) is 0.495. The van der Waals surface area contributed by atoms with Crippen LogP contribution < -0.4 is 11.1 Å². The number of rotatable bonds is 4. The van der Waals surface area contributed by atoms with Gasteiger partial charge in [-0.05, 0) is 43.0 Å². The summed E-state index contributed by atoms with van der Waals surface area (Å²) in [6, 6.07) is 12.9. The summed E-state index contributed by atoms with van der Waals surface area (Å²) in [5.74, 6) is -0.229. The molecule has 1 amide bonds. The number of hydrogen-bond acceptors (Lipinski definition) is 2. The fourth-order valence-electron chi connectivity index (χ4n) is 2.25. The molecule has 0 aliphatic carbocycles. The SMILES string of the molecule is Cc1cc(C)c(NC(=O)[C@@H](N)Cc2ccccc2)c(Cl)c1. The van der Waals surface area contributed by atoms with E-state index in [1.165, 1.54) is 0 Å². The van der Waals surface area contributed by atoms with E-state index in [0.29, 0.717) is 17.1 Å². The van der Waals surface area contributed by atoms with Crippen LogP contribution in [0.4, 0.5) is 5.69 Å². The van der Waals surface area contributed by atoms with Crippen molar-refractivity contribution in [2.75, 3.05) is 5.32 Å². The molecule has 0 aromatic heterocycles. The number of anilines is 1. The first kappa shape index (κ1) is 15.5. The summed E-state index contributed by atoms with van der Waals surface area (Å²) < 4.78 is 0. The van der Waals surface area contributed by atoms with Gasteiger partial charge in [0.1, 0.15) is 0 Å². The van der Waals surface area contributed by atoms with Crippen molar-refractivity contribution in [2.24, 2.45) is 5.73 Å². The second-order valence-corrected chi connectivity index (χ2v) is 5.63. The van der Waals surface area contributed by atoms with Crippen molar-refractivity contribution in [1.82, 2.24) is 0 Å². The normalized spacial score (nSPS) is 12.0. The van der Waals surface area contributed by atoms with Gasteiger partial charge in [0.2, 0.25) is 5.91 Å². The van der Waals surface area contributed by atoms with E-state index in [1.54, 1.807) is 0 Å². The van der Waals surface area contributed by atoms with Gasteiger partial charge >= 0.3 is 0 Å². The van der Waals surface area contributed by atoms with Gasteiger partial charge in [-0.2, -0.15) is 0 Å². The largest absolute Gasteiger partial charge is 0.323 e. The molecule has 3 N–H and O–H groups in total. The lowest BCUT2D eigenvalue weighted by Gasteiger charge is -2.15. The Kier molecular flexibility index (Phi) is 4.99. The Hall–Kier alpha value is -1.84. The van der Waals surface area contributed by atoms with Crippen LogP contribution in [-0.2, 0) is 11.2 Å². The van der Waals surface area contributed by atoms with Crippen molar-refractivity contribution < 1.29 is 4.79 Å². The predicted molar refractivity (Wildman–Crippen MR) is 87.7 cm³/mol. The number of halogens is 1. The molecule has 0 aliphatic heterocycles. The molecule has 0 saturated heterocycles. The molecule has 3 nitrogen and oxygen atoms in total. The molecule has 0 spiro atoms. The first-order valence-electron chi connectivity index (χ1n) is 6.84. The zero-order valence-electron chi connectivity index (χ0n) is 12.2. The highest BCUT2D eigenvalue weighted by molar-refractivity contribution is 6.34. The van der Waals surface area contributed by atoms with Crippen LogP contribution in [0.5, 0.6) is 0 Å². The molecular weight excluding hydrogens is 284 g/mol. The quantitative estimate of drug-likeness (QED) is 0.908. The number of hydrogen-bond donors (Lipinski definition) is 2. The highest BCUT2D eigenvalue weighted by Gasteiger charge is 2.16. The van der Waals surface area contributed by atoms with Crippen LogP contribution in [0, 0.1) is 13.8 Å². The second-order valence-electron chi connectivity index (χ2n) is 5.22. The van der Waals surface area contributed by atoms with Gasteiger partial charge < -0.3 is 11.1 Å². The molecule has 110 valence electrons. The van der Waals surface area contributed by atoms with Gasteiger partial charge in [-0.1, -0.05) is 48.0 Å². The number of aryl methyl sites for hydroxylation is 2. The molecule has 2 rings (SSSR count). The summed E-state index contributed by atoms with van der Waals surface area (Å²) >= 11 is 6.19. The number of carbonyl (C=O) groups excluding carboxylic acids is 1. The zero-order valence-corrected chi connectivity index (χ0v) is 12.9. The minimum atomic E-state index is -0.607. The van der Waals surface area contributed by atoms with Crippen molar-refractivity contribution in [1.29, 1.82) is 0 Å². The minimum absolute atomic E-state index is 0.229. The highest BCUT2D eigenvalue weighted by atomic mass is 35.5. The Morgan fingerprint density at radius 2 is 1.90 bits per heavy atom. The van der Waals surface area contributed by atoms with Crippen LogP contribution in [0.1, 0.15) is 16.7 Å². The molecule has 2 aromatic carbocycles. The summed E-state index contributed by atoms with van der Waals surface area (Å²) in [7, 11) is 0. The van der Waals surface area contributed by atoms with E-state index in [-0.39, 0.29) is 5.91 Å². The van der Waals surface area contributed by atoms with E-state index in [4.69, 9.17) is 17.3 Å². The van der Waals surface area contributed by atoms with Crippen LogP contribution in [0.25, 0.3) is 0 Å². The Bertz CT molecular complexity index is 617. The van der Waals surface area contributed by atoms with Crippen molar-refractivity contribution in [3.8, 4) is 0 Å². The molecule has 0 unspecified atom stereocenters. The lowest BCUT2D eigenvalue weighted by molar-refractivity contribution is -0.117. The van der Waals surface area contributed by atoms with Gasteiger partial charge in [0.25, 0.3) is 0 Å². The lowest BCUT2D eigenvalue weighted by Crippen LogP contribution is -2.37. The minimum Gasteiger partial charge on any atom is -0.323 e. The smallest absolute Gasteiger partial charge is 0.241 e. The molecule has 0 aliphatic rings. The Labute approximate surface area is 130 Å². The Balaban J connectivity index is 2.08. The van der Waals surface area contributed by atoms with E-state index in [2.05, 4.69) is 5.32 Å². The molecule has 0 bridgehead atoms. The number of amides is 1. The van der Waals surface area contributed by atoms with Crippen molar-refractivity contribution in [2.45, 2.75) is 26.3 Å². The molecular formula is C17H19ClN2O. The van der Waals surface area contributed by atoms with Gasteiger partial charge in [0.05, 0.1) is 16.8 Å². The van der Waals surface area contributed by atoms with E-state index < -0.39 is 6.04 Å². The van der Waals surface area contributed by atoms with Crippen molar-refractivity contribution >= 4 is 23.2 Å². The summed E-state index contributed by atoms with van der Waals surface area (Å²) in [5.41, 5.74) is 9.63. The summed E-state index contributed by atoms with van der Waals surface area (Å²) in [6.45, 7) is 3.88. The number of benzene rings is 2. The third-order valence-electron chi connectivity index (χ3n) is 3.32. The first-order valence-corrected chi connectivity index (χ1v) is 7.22. The topological polar surface area (TPSA) is 55.1 Å². The van der Waals surface area contributed by atoms with Gasteiger partial charge in [-0.25, -0.2) is 0 Å². The standard InChI is InChI=1S/C17H19ClN2O/c1-11-8-12(2)16(14(18)9-11)20-17(21)15(19)10-13-6-4-3-5-7-13/h3-9,15H,10,19H2,1-2H3,(H,20,21)/t15-/m0/s1. The Morgan fingerprint density at radius 3 is 2.52 bits per heavy atom. The molecule has 1 atom stereocenters. The maximum Gasteiger partial charge on any atom is 0.241 e. The third-order valence-corrected chi connectivity index (χ3v) is 3.61. The van der Waals surface area contributed by atoms with E-state index in [1.807, 2.05) is 56.3 Å². The van der Waals surface area contributed by atoms with Crippen LogP contribution in [0.15, 0.2) is 42.5 Å². The summed E-state index contributed by atoms with van der Waals surface area (Å²) in [4.78, 5) is 12.2. The zero-order chi connectivity index (χ0) is 15.4. The second kappa shape index (κ2) is 6.74. The van der Waals surface area contributed by atoms with Crippen LogP contribution in [-0.4, -0.2) is 11.9 Å². The Morgan fingerprint density at radius 1 is 1.24 bits per heavy atom. The maximum absolute atomic E-state index is 12.2. The van der Waals surface area contributed by atoms with Gasteiger partial charge in [-0.3, -0.25) is 4.79 Å². The molecule has 2 aromatic rings. The lowest BCUT2D eigenvalue weighted by atomic mass is 10.1. The molecule has 0 radical (unpaired) electrons. The maximum atomic E-state index is 12.2. The van der Waals surface area contributed by atoms with Gasteiger partial charge in [0, 0.05) is 0 Å².